The Bertz CT molecular complexity index is 1040. The lowest BCUT2D eigenvalue weighted by molar-refractivity contribution is -0.0510. The van der Waals surface area contributed by atoms with Gasteiger partial charge in [-0.1, -0.05) is 18.2 Å². The molecule has 1 aromatic heterocycles. The van der Waals surface area contributed by atoms with Crippen LogP contribution in [0.2, 0.25) is 0 Å². The Morgan fingerprint density at radius 2 is 2.03 bits per heavy atom. The van der Waals surface area contributed by atoms with Crippen LogP contribution in [0.5, 0.6) is 0 Å². The number of carbonyl (C=O) groups is 2. The molecule has 5 fully saturated rings. The van der Waals surface area contributed by atoms with Gasteiger partial charge in [0.05, 0.1) is 12.3 Å². The molecule has 2 aromatic rings. The topological polar surface area (TPSA) is 121 Å². The van der Waals surface area contributed by atoms with E-state index in [1.54, 1.807) is 11.0 Å². The number of alkyl carbamates (subject to hydrolysis) is 1. The largest absolute Gasteiger partial charge is 0.444 e. The van der Waals surface area contributed by atoms with Crippen LogP contribution in [0.4, 0.5) is 21.1 Å². The van der Waals surface area contributed by atoms with Crippen LogP contribution in [0.1, 0.15) is 43.9 Å². The zero-order chi connectivity index (χ0) is 23.1. The second kappa shape index (κ2) is 8.50. The first-order chi connectivity index (χ1) is 16.5. The molecular formula is C24H30N6O4. The summed E-state index contributed by atoms with van der Waals surface area (Å²) in [5.74, 6) is 1.25. The van der Waals surface area contributed by atoms with Crippen LogP contribution in [-0.4, -0.2) is 64.6 Å². The third kappa shape index (κ3) is 4.29. The van der Waals surface area contributed by atoms with E-state index in [0.29, 0.717) is 31.9 Å². The summed E-state index contributed by atoms with van der Waals surface area (Å²) in [5, 5.41) is 16.5. The Balaban J connectivity index is 0.960. The molecule has 7 rings (SSSR count). The molecule has 4 N–H and O–H groups in total. The predicted octanol–water partition coefficient (Wildman–Crippen LogP) is 3.24. The molecule has 180 valence electrons. The van der Waals surface area contributed by atoms with Gasteiger partial charge in [0.2, 0.25) is 0 Å². The molecule has 0 spiro atoms. The maximum absolute atomic E-state index is 12.7. The molecule has 5 aliphatic rings. The molecule has 1 aromatic carbocycles. The van der Waals surface area contributed by atoms with Crippen molar-refractivity contribution in [2.24, 2.45) is 5.92 Å². The Kier molecular flexibility index (Phi) is 5.32. The van der Waals surface area contributed by atoms with Gasteiger partial charge in [0.25, 0.3) is 0 Å². The minimum Gasteiger partial charge on any atom is -0.444 e. The second-order valence-electron chi connectivity index (χ2n) is 10.0. The molecule has 10 nitrogen and oxygen atoms in total. The van der Waals surface area contributed by atoms with Gasteiger partial charge in [0, 0.05) is 42.8 Å². The highest BCUT2D eigenvalue weighted by Gasteiger charge is 2.57. The normalized spacial score (nSPS) is 31.4. The van der Waals surface area contributed by atoms with Crippen LogP contribution in [-0.2, 0) is 9.47 Å². The smallest absolute Gasteiger partial charge is 0.407 e. The Hall–Kier alpha value is -3.27. The Morgan fingerprint density at radius 1 is 1.21 bits per heavy atom. The number of urea groups is 1. The highest BCUT2D eigenvalue weighted by Crippen LogP contribution is 2.56. The van der Waals surface area contributed by atoms with E-state index in [9.17, 15) is 9.59 Å². The lowest BCUT2D eigenvalue weighted by atomic mass is 9.50. The maximum atomic E-state index is 12.7. The summed E-state index contributed by atoms with van der Waals surface area (Å²) in [4.78, 5) is 26.7. The molecule has 3 heterocycles. The number of hydrogen-bond acceptors (Lipinski definition) is 6. The Morgan fingerprint density at radius 3 is 2.79 bits per heavy atom. The number of aromatic amines is 1. The molecule has 2 bridgehead atoms. The average Bonchev–Trinajstić information content (AvgIpc) is 3.52. The molecule has 0 unspecified atom stereocenters. The number of benzene rings is 1. The minimum absolute atomic E-state index is 0.00403. The summed E-state index contributed by atoms with van der Waals surface area (Å²) in [6.07, 6.45) is 3.78. The van der Waals surface area contributed by atoms with Crippen LogP contribution in [0.25, 0.3) is 0 Å². The van der Waals surface area contributed by atoms with Crippen LogP contribution < -0.4 is 16.0 Å². The van der Waals surface area contributed by atoms with E-state index in [1.165, 1.54) is 0 Å². The molecule has 34 heavy (non-hydrogen) atoms. The number of nitrogens with one attached hydrogen (secondary N) is 4. The number of carbonyl (C=O) groups excluding carboxylic acids is 2. The van der Waals surface area contributed by atoms with Gasteiger partial charge in [-0.2, -0.15) is 5.10 Å². The van der Waals surface area contributed by atoms with Crippen molar-refractivity contribution in [3.05, 3.63) is 42.1 Å². The summed E-state index contributed by atoms with van der Waals surface area (Å²) >= 11 is 0. The standard InChI is InChI=1S/C24H30N6O4/c31-22(30-7-6-17(13-30)25-16-4-2-1-3-5-16)26-21-9-19(28-29-21)20-8-18(14-33-20)34-23(32)27-24-10-15(11-24)12-24/h1-5,9,15,17-18,20,25H,6-8,10-14H2,(H,27,32)(H2,26,28,29,31)/t15?,17-,18-,20-,24?/m1/s1. The number of nitrogens with zero attached hydrogens (tertiary/aromatic N) is 2. The number of para-hydroxylation sites is 1. The number of aromatic nitrogens is 2. The lowest BCUT2D eigenvalue weighted by Crippen LogP contribution is -2.68. The fraction of sp³-hybridized carbons (Fsp3) is 0.542. The van der Waals surface area contributed by atoms with Crippen molar-refractivity contribution in [1.82, 2.24) is 20.4 Å². The van der Waals surface area contributed by atoms with Crippen LogP contribution in [0.15, 0.2) is 36.4 Å². The Labute approximate surface area is 197 Å². The van der Waals surface area contributed by atoms with Gasteiger partial charge in [-0.05, 0) is 43.7 Å². The maximum Gasteiger partial charge on any atom is 0.407 e. The second-order valence-corrected chi connectivity index (χ2v) is 10.0. The monoisotopic (exact) mass is 466 g/mol. The van der Waals surface area contributed by atoms with Gasteiger partial charge >= 0.3 is 12.1 Å². The van der Waals surface area contributed by atoms with E-state index in [2.05, 4.69) is 26.1 Å². The van der Waals surface area contributed by atoms with E-state index in [0.717, 1.165) is 43.0 Å². The van der Waals surface area contributed by atoms with E-state index < -0.39 is 0 Å². The van der Waals surface area contributed by atoms with Crippen molar-refractivity contribution in [3.63, 3.8) is 0 Å². The van der Waals surface area contributed by atoms with Gasteiger partial charge in [0.15, 0.2) is 5.82 Å². The molecule has 0 radical (unpaired) electrons. The molecule has 3 atom stereocenters. The third-order valence-corrected chi connectivity index (χ3v) is 7.44. The predicted molar refractivity (Wildman–Crippen MR) is 124 cm³/mol. The van der Waals surface area contributed by atoms with Crippen molar-refractivity contribution in [1.29, 1.82) is 0 Å². The van der Waals surface area contributed by atoms with E-state index in [1.807, 2.05) is 30.3 Å². The quantitative estimate of drug-likeness (QED) is 0.519. The van der Waals surface area contributed by atoms with Crippen LogP contribution >= 0.6 is 0 Å². The van der Waals surface area contributed by atoms with Crippen LogP contribution in [0.3, 0.4) is 0 Å². The molecule has 3 aliphatic carbocycles. The SMILES string of the molecule is O=C(NC12CC(C1)C2)O[C@H]1CO[C@@H](c2cc(NC(=O)N3CC[C@@H](Nc4ccccc4)C3)n[nH]2)C1. The zero-order valence-electron chi connectivity index (χ0n) is 19.0. The number of likely N-dealkylation sites (tertiary alicyclic amines) is 1. The van der Waals surface area contributed by atoms with Gasteiger partial charge in [0.1, 0.15) is 12.2 Å². The van der Waals surface area contributed by atoms with Crippen LogP contribution in [0, 0.1) is 5.92 Å². The highest BCUT2D eigenvalue weighted by atomic mass is 16.6. The van der Waals surface area contributed by atoms with Crippen molar-refractivity contribution in [2.75, 3.05) is 30.3 Å². The number of hydrogen-bond donors (Lipinski definition) is 4. The molecule has 3 saturated carbocycles. The number of rotatable bonds is 6. The van der Waals surface area contributed by atoms with Crippen molar-refractivity contribution >= 4 is 23.6 Å². The van der Waals surface area contributed by atoms with Gasteiger partial charge in [-0.3, -0.25) is 10.4 Å². The van der Waals surface area contributed by atoms with Gasteiger partial charge in [-0.15, -0.1) is 0 Å². The fourth-order valence-corrected chi connectivity index (χ4v) is 5.51. The van der Waals surface area contributed by atoms with E-state index in [4.69, 9.17) is 9.47 Å². The molecule has 2 saturated heterocycles. The fourth-order valence-electron chi connectivity index (χ4n) is 5.51. The summed E-state index contributed by atoms with van der Waals surface area (Å²) < 4.78 is 11.4. The van der Waals surface area contributed by atoms with E-state index >= 15 is 0 Å². The number of ether oxygens (including phenoxy) is 2. The summed E-state index contributed by atoms with van der Waals surface area (Å²) in [5.41, 5.74) is 1.82. The third-order valence-electron chi connectivity index (χ3n) is 7.44. The first-order valence-corrected chi connectivity index (χ1v) is 12.1. The molecular weight excluding hydrogens is 436 g/mol. The van der Waals surface area contributed by atoms with Gasteiger partial charge in [-0.25, -0.2) is 9.59 Å². The number of amides is 3. The van der Waals surface area contributed by atoms with Crippen molar-refractivity contribution in [3.8, 4) is 0 Å². The molecule has 3 amide bonds. The number of H-pyrrole nitrogens is 1. The summed E-state index contributed by atoms with van der Waals surface area (Å²) in [7, 11) is 0. The first kappa shape index (κ1) is 21.3. The summed E-state index contributed by atoms with van der Waals surface area (Å²) in [6, 6.07) is 11.8. The zero-order valence-corrected chi connectivity index (χ0v) is 19.0. The van der Waals surface area contributed by atoms with E-state index in [-0.39, 0.29) is 35.9 Å². The first-order valence-electron chi connectivity index (χ1n) is 12.1. The molecule has 2 aliphatic heterocycles. The minimum atomic E-state index is -0.351. The number of anilines is 2. The average molecular weight is 467 g/mol. The highest BCUT2D eigenvalue weighted by molar-refractivity contribution is 5.88. The lowest BCUT2D eigenvalue weighted by Gasteiger charge is -2.61. The summed E-state index contributed by atoms with van der Waals surface area (Å²) in [6.45, 7) is 1.66. The van der Waals surface area contributed by atoms with Crippen molar-refractivity contribution in [2.45, 2.75) is 55.9 Å². The van der Waals surface area contributed by atoms with Crippen molar-refractivity contribution < 1.29 is 19.1 Å². The van der Waals surface area contributed by atoms with Gasteiger partial charge < -0.3 is 25.0 Å². The molecule has 10 heteroatoms.